The molecule has 0 spiro atoms. The van der Waals surface area contributed by atoms with E-state index in [4.69, 9.17) is 4.74 Å². The first-order valence-electron chi connectivity index (χ1n) is 8.81. The Morgan fingerprint density at radius 2 is 1.89 bits per heavy atom. The van der Waals surface area contributed by atoms with E-state index in [0.29, 0.717) is 34.9 Å². The zero-order chi connectivity index (χ0) is 20.1. The third-order valence-corrected chi connectivity index (χ3v) is 4.21. The van der Waals surface area contributed by atoms with Gasteiger partial charge < -0.3 is 10.1 Å². The predicted molar refractivity (Wildman–Crippen MR) is 105 cm³/mol. The smallest absolute Gasteiger partial charge is 0.254 e. The molecule has 0 unspecified atom stereocenters. The Morgan fingerprint density at radius 1 is 1.18 bits per heavy atom. The number of nitrogens with one attached hydrogen (secondary N) is 1. The van der Waals surface area contributed by atoms with Crippen molar-refractivity contribution in [1.82, 2.24) is 9.55 Å². The first-order chi connectivity index (χ1) is 13.5. The summed E-state index contributed by atoms with van der Waals surface area (Å²) in [7, 11) is 1.51. The average molecular weight is 381 g/mol. The Bertz CT molecular complexity index is 1050. The van der Waals surface area contributed by atoms with E-state index < -0.39 is 11.7 Å². The van der Waals surface area contributed by atoms with Crippen LogP contribution in [0.3, 0.4) is 0 Å². The number of hydrogen-bond donors (Lipinski definition) is 1. The molecular formula is C21H20FN3O3. The second kappa shape index (κ2) is 8.47. The molecule has 1 heterocycles. The van der Waals surface area contributed by atoms with E-state index in [-0.39, 0.29) is 12.1 Å². The van der Waals surface area contributed by atoms with Crippen LogP contribution in [-0.4, -0.2) is 22.6 Å². The lowest BCUT2D eigenvalue weighted by Gasteiger charge is -2.14. The summed E-state index contributed by atoms with van der Waals surface area (Å²) in [6, 6.07) is 14.0. The number of nitrogens with zero attached hydrogens (tertiary/aromatic N) is 2. The fourth-order valence-electron chi connectivity index (χ4n) is 2.79. The van der Waals surface area contributed by atoms with Gasteiger partial charge >= 0.3 is 0 Å². The van der Waals surface area contributed by atoms with E-state index in [1.54, 1.807) is 24.3 Å². The van der Waals surface area contributed by atoms with Gasteiger partial charge in [-0.05, 0) is 42.8 Å². The Morgan fingerprint density at radius 3 is 2.57 bits per heavy atom. The predicted octanol–water partition coefficient (Wildman–Crippen LogP) is 3.26. The SMILES string of the molecule is CCc1cc(=O)n(CC(=O)Nc2ccccc2OC)c(-c2ccc(F)cc2)n1. The van der Waals surface area contributed by atoms with Crippen molar-refractivity contribution < 1.29 is 13.9 Å². The molecule has 0 saturated carbocycles. The zero-order valence-corrected chi connectivity index (χ0v) is 15.6. The van der Waals surface area contributed by atoms with Crippen LogP contribution in [-0.2, 0) is 17.8 Å². The highest BCUT2D eigenvalue weighted by Gasteiger charge is 2.15. The van der Waals surface area contributed by atoms with Gasteiger partial charge in [-0.2, -0.15) is 0 Å². The van der Waals surface area contributed by atoms with Gasteiger partial charge in [0.1, 0.15) is 23.9 Å². The second-order valence-electron chi connectivity index (χ2n) is 6.10. The first kappa shape index (κ1) is 19.3. The number of aryl methyl sites for hydroxylation is 1. The van der Waals surface area contributed by atoms with Crippen LogP contribution >= 0.6 is 0 Å². The highest BCUT2D eigenvalue weighted by molar-refractivity contribution is 5.92. The summed E-state index contributed by atoms with van der Waals surface area (Å²) < 4.78 is 19.8. The number of halogens is 1. The number of aromatic nitrogens is 2. The summed E-state index contributed by atoms with van der Waals surface area (Å²) in [6.45, 7) is 1.65. The van der Waals surface area contributed by atoms with Crippen LogP contribution in [0.4, 0.5) is 10.1 Å². The summed E-state index contributed by atoms with van der Waals surface area (Å²) in [6.07, 6.45) is 0.567. The van der Waals surface area contributed by atoms with Crippen molar-refractivity contribution in [3.8, 4) is 17.1 Å². The van der Waals surface area contributed by atoms with E-state index in [9.17, 15) is 14.0 Å². The summed E-state index contributed by atoms with van der Waals surface area (Å²) in [5, 5.41) is 2.74. The standard InChI is InChI=1S/C21H20FN3O3/c1-3-16-12-20(27)25(21(23-16)14-8-10-15(22)11-9-14)13-19(26)24-17-6-4-5-7-18(17)28-2/h4-12H,3,13H2,1-2H3,(H,24,26). The van der Waals surface area contributed by atoms with Crippen molar-refractivity contribution in [2.75, 3.05) is 12.4 Å². The number of rotatable bonds is 6. The number of ether oxygens (including phenoxy) is 1. The average Bonchev–Trinajstić information content (AvgIpc) is 2.70. The Labute approximate surface area is 161 Å². The van der Waals surface area contributed by atoms with Gasteiger partial charge in [0.25, 0.3) is 5.56 Å². The summed E-state index contributed by atoms with van der Waals surface area (Å²) in [5.41, 5.74) is 1.32. The second-order valence-corrected chi connectivity index (χ2v) is 6.10. The van der Waals surface area contributed by atoms with E-state index in [2.05, 4.69) is 10.3 Å². The van der Waals surface area contributed by atoms with Crippen molar-refractivity contribution in [1.29, 1.82) is 0 Å². The van der Waals surface area contributed by atoms with Gasteiger partial charge in [0.2, 0.25) is 5.91 Å². The molecule has 0 atom stereocenters. The van der Waals surface area contributed by atoms with E-state index in [1.165, 1.54) is 42.0 Å². The molecule has 1 aromatic heterocycles. The number of hydrogen-bond acceptors (Lipinski definition) is 4. The van der Waals surface area contributed by atoms with Crippen LogP contribution in [0, 0.1) is 5.82 Å². The molecule has 0 saturated heterocycles. The quantitative estimate of drug-likeness (QED) is 0.711. The van der Waals surface area contributed by atoms with Crippen LogP contribution in [0.5, 0.6) is 5.75 Å². The molecule has 1 amide bonds. The van der Waals surface area contributed by atoms with Crippen molar-refractivity contribution in [2.45, 2.75) is 19.9 Å². The number of methoxy groups -OCH3 is 1. The van der Waals surface area contributed by atoms with Gasteiger partial charge in [-0.3, -0.25) is 14.2 Å². The minimum Gasteiger partial charge on any atom is -0.495 e. The highest BCUT2D eigenvalue weighted by atomic mass is 19.1. The fourth-order valence-corrected chi connectivity index (χ4v) is 2.79. The Kier molecular flexibility index (Phi) is 5.84. The summed E-state index contributed by atoms with van der Waals surface area (Å²) in [4.78, 5) is 29.7. The van der Waals surface area contributed by atoms with Crippen LogP contribution in [0.2, 0.25) is 0 Å². The third-order valence-electron chi connectivity index (χ3n) is 4.21. The Balaban J connectivity index is 1.95. The molecule has 0 aliphatic carbocycles. The Hall–Kier alpha value is -3.48. The van der Waals surface area contributed by atoms with Crippen molar-refractivity contribution in [3.63, 3.8) is 0 Å². The molecule has 28 heavy (non-hydrogen) atoms. The van der Waals surface area contributed by atoms with Crippen molar-refractivity contribution in [3.05, 3.63) is 76.5 Å². The van der Waals surface area contributed by atoms with Gasteiger partial charge in [0.15, 0.2) is 0 Å². The molecule has 6 nitrogen and oxygen atoms in total. The number of amides is 1. The van der Waals surface area contributed by atoms with Gasteiger partial charge in [-0.25, -0.2) is 9.37 Å². The molecule has 3 aromatic rings. The van der Waals surface area contributed by atoms with E-state index in [0.717, 1.165) is 0 Å². The van der Waals surface area contributed by atoms with Crippen LogP contribution < -0.4 is 15.6 Å². The van der Waals surface area contributed by atoms with Gasteiger partial charge in [0.05, 0.1) is 12.8 Å². The summed E-state index contributed by atoms with van der Waals surface area (Å²) in [5.74, 6) is 0.0418. The highest BCUT2D eigenvalue weighted by Crippen LogP contribution is 2.23. The minimum atomic E-state index is -0.402. The number of para-hydroxylation sites is 2. The van der Waals surface area contributed by atoms with Gasteiger partial charge in [0, 0.05) is 17.3 Å². The maximum Gasteiger partial charge on any atom is 0.254 e. The van der Waals surface area contributed by atoms with Gasteiger partial charge in [-0.1, -0.05) is 19.1 Å². The monoisotopic (exact) mass is 381 g/mol. The molecule has 0 aliphatic heterocycles. The first-order valence-corrected chi connectivity index (χ1v) is 8.81. The molecule has 0 fully saturated rings. The topological polar surface area (TPSA) is 73.2 Å². The molecule has 0 radical (unpaired) electrons. The largest absolute Gasteiger partial charge is 0.495 e. The number of anilines is 1. The third kappa shape index (κ3) is 4.25. The molecule has 7 heteroatoms. The fraction of sp³-hybridized carbons (Fsp3) is 0.190. The van der Waals surface area contributed by atoms with Gasteiger partial charge in [-0.15, -0.1) is 0 Å². The number of carbonyl (C=O) groups is 1. The maximum absolute atomic E-state index is 13.3. The van der Waals surface area contributed by atoms with Crippen LogP contribution in [0.25, 0.3) is 11.4 Å². The molecule has 144 valence electrons. The normalized spacial score (nSPS) is 10.5. The van der Waals surface area contributed by atoms with E-state index >= 15 is 0 Å². The lowest BCUT2D eigenvalue weighted by atomic mass is 10.2. The molecule has 0 bridgehead atoms. The molecule has 3 rings (SSSR count). The van der Waals surface area contributed by atoms with Crippen LogP contribution in [0.1, 0.15) is 12.6 Å². The summed E-state index contributed by atoms with van der Waals surface area (Å²) >= 11 is 0. The number of benzene rings is 2. The zero-order valence-electron chi connectivity index (χ0n) is 15.6. The molecule has 2 aromatic carbocycles. The van der Waals surface area contributed by atoms with Crippen molar-refractivity contribution >= 4 is 11.6 Å². The molecular weight excluding hydrogens is 361 g/mol. The maximum atomic E-state index is 13.3. The van der Waals surface area contributed by atoms with Crippen LogP contribution in [0.15, 0.2) is 59.4 Å². The minimum absolute atomic E-state index is 0.236. The molecule has 0 aliphatic rings. The van der Waals surface area contributed by atoms with Crippen molar-refractivity contribution in [2.24, 2.45) is 0 Å². The van der Waals surface area contributed by atoms with E-state index in [1.807, 2.05) is 6.92 Å². The number of carbonyl (C=O) groups excluding carboxylic acids is 1. The molecule has 1 N–H and O–H groups in total. The lowest BCUT2D eigenvalue weighted by molar-refractivity contribution is -0.116. The lowest BCUT2D eigenvalue weighted by Crippen LogP contribution is -2.30.